The number of hydrogen-bond acceptors (Lipinski definition) is 9. The second-order valence-electron chi connectivity index (χ2n) is 11.4. The highest BCUT2D eigenvalue weighted by molar-refractivity contribution is 5.73. The van der Waals surface area contributed by atoms with Gasteiger partial charge in [-0.05, 0) is 88.3 Å². The molecule has 0 amide bonds. The SMILES string of the molecule is Cc1nc(N)nc(N[C@@H](C)CCCO)c1Cc1ccc(CC(=O)OCC2CCN(C)CC2)cc1OCc1ccccc1. The second kappa shape index (κ2) is 15.5. The Kier molecular flexibility index (Phi) is 11.5. The molecule has 4 N–H and O–H groups in total. The highest BCUT2D eigenvalue weighted by atomic mass is 16.5. The monoisotopic (exact) mass is 575 g/mol. The van der Waals surface area contributed by atoms with Gasteiger partial charge in [0.2, 0.25) is 5.95 Å². The average molecular weight is 576 g/mol. The van der Waals surface area contributed by atoms with Crippen LogP contribution in [0.25, 0.3) is 0 Å². The molecule has 0 aliphatic carbocycles. The maximum absolute atomic E-state index is 12.8. The van der Waals surface area contributed by atoms with Crippen LogP contribution in [0, 0.1) is 12.8 Å². The lowest BCUT2D eigenvalue weighted by Crippen LogP contribution is -2.32. The molecule has 42 heavy (non-hydrogen) atoms. The van der Waals surface area contributed by atoms with Crippen LogP contribution in [0.5, 0.6) is 5.75 Å². The van der Waals surface area contributed by atoms with Crippen LogP contribution in [0.1, 0.15) is 60.6 Å². The minimum absolute atomic E-state index is 0.0984. The summed E-state index contributed by atoms with van der Waals surface area (Å²) in [6.45, 7) is 7.10. The number of nitrogen functional groups attached to an aromatic ring is 1. The smallest absolute Gasteiger partial charge is 0.310 e. The molecule has 0 saturated carbocycles. The Labute approximate surface area is 249 Å². The maximum Gasteiger partial charge on any atom is 0.310 e. The zero-order chi connectivity index (χ0) is 29.9. The zero-order valence-corrected chi connectivity index (χ0v) is 25.1. The molecule has 2 aromatic carbocycles. The van der Waals surface area contributed by atoms with E-state index in [1.165, 1.54) is 0 Å². The molecule has 9 heteroatoms. The molecular formula is C33H45N5O4. The molecular weight excluding hydrogens is 530 g/mol. The fourth-order valence-corrected chi connectivity index (χ4v) is 5.22. The van der Waals surface area contributed by atoms with Crippen molar-refractivity contribution in [1.29, 1.82) is 0 Å². The Morgan fingerprint density at radius 2 is 1.90 bits per heavy atom. The van der Waals surface area contributed by atoms with Gasteiger partial charge in [-0.25, -0.2) is 4.98 Å². The quantitative estimate of drug-likeness (QED) is 0.238. The summed E-state index contributed by atoms with van der Waals surface area (Å²) < 4.78 is 12.0. The van der Waals surface area contributed by atoms with Crippen LogP contribution in [0.2, 0.25) is 0 Å². The number of benzene rings is 2. The lowest BCUT2D eigenvalue weighted by molar-refractivity contribution is -0.144. The first-order chi connectivity index (χ1) is 20.3. The summed E-state index contributed by atoms with van der Waals surface area (Å²) in [5.74, 6) is 1.80. The number of aliphatic hydroxyl groups is 1. The van der Waals surface area contributed by atoms with E-state index in [1.807, 2.05) is 55.5 Å². The van der Waals surface area contributed by atoms with Crippen LogP contribution in [-0.4, -0.2) is 65.3 Å². The van der Waals surface area contributed by atoms with Gasteiger partial charge in [0, 0.05) is 30.3 Å². The Balaban J connectivity index is 1.52. The number of hydrogen-bond donors (Lipinski definition) is 3. The molecule has 1 aliphatic heterocycles. The summed E-state index contributed by atoms with van der Waals surface area (Å²) >= 11 is 0. The molecule has 1 aliphatic rings. The van der Waals surface area contributed by atoms with Gasteiger partial charge in [0.15, 0.2) is 0 Å². The second-order valence-corrected chi connectivity index (χ2v) is 11.4. The van der Waals surface area contributed by atoms with Crippen LogP contribution in [0.3, 0.4) is 0 Å². The Bertz CT molecular complexity index is 1300. The number of nitrogens with two attached hydrogens (primary N) is 1. The number of carbonyl (C=O) groups excluding carboxylic acids is 1. The van der Waals surface area contributed by atoms with Crippen molar-refractivity contribution in [3.63, 3.8) is 0 Å². The van der Waals surface area contributed by atoms with Gasteiger partial charge in [-0.3, -0.25) is 4.79 Å². The van der Waals surface area contributed by atoms with Crippen molar-refractivity contribution in [2.24, 2.45) is 5.92 Å². The molecule has 0 bridgehead atoms. The number of anilines is 2. The Hall–Kier alpha value is -3.69. The summed E-state index contributed by atoms with van der Waals surface area (Å²) in [7, 11) is 2.13. The predicted octanol–water partition coefficient (Wildman–Crippen LogP) is 4.54. The number of nitrogens with zero attached hydrogens (tertiary/aromatic N) is 3. The van der Waals surface area contributed by atoms with E-state index in [4.69, 9.17) is 15.2 Å². The van der Waals surface area contributed by atoms with E-state index >= 15 is 0 Å². The number of aliphatic hydroxyl groups excluding tert-OH is 1. The Morgan fingerprint density at radius 3 is 2.64 bits per heavy atom. The Morgan fingerprint density at radius 1 is 1.14 bits per heavy atom. The van der Waals surface area contributed by atoms with E-state index < -0.39 is 0 Å². The third-order valence-electron chi connectivity index (χ3n) is 7.81. The van der Waals surface area contributed by atoms with Crippen molar-refractivity contribution in [1.82, 2.24) is 14.9 Å². The highest BCUT2D eigenvalue weighted by Gasteiger charge is 2.20. The number of ether oxygens (including phenoxy) is 2. The van der Waals surface area contributed by atoms with Gasteiger partial charge in [0.25, 0.3) is 0 Å². The van der Waals surface area contributed by atoms with Gasteiger partial charge in [0.1, 0.15) is 18.2 Å². The number of aromatic nitrogens is 2. The van der Waals surface area contributed by atoms with Gasteiger partial charge in [-0.15, -0.1) is 0 Å². The summed E-state index contributed by atoms with van der Waals surface area (Å²) in [6, 6.07) is 16.0. The van der Waals surface area contributed by atoms with Crippen molar-refractivity contribution >= 4 is 17.7 Å². The number of nitrogens with one attached hydrogen (secondary N) is 1. The predicted molar refractivity (Wildman–Crippen MR) is 165 cm³/mol. The summed E-state index contributed by atoms with van der Waals surface area (Å²) in [5.41, 5.74) is 10.6. The molecule has 3 aromatic rings. The van der Waals surface area contributed by atoms with E-state index in [2.05, 4.69) is 34.2 Å². The van der Waals surface area contributed by atoms with Gasteiger partial charge < -0.3 is 30.5 Å². The lowest BCUT2D eigenvalue weighted by Gasteiger charge is -2.28. The zero-order valence-electron chi connectivity index (χ0n) is 25.1. The van der Waals surface area contributed by atoms with Crippen molar-refractivity contribution < 1.29 is 19.4 Å². The number of aryl methyl sites for hydroxylation is 1. The van der Waals surface area contributed by atoms with E-state index in [0.29, 0.717) is 43.5 Å². The molecule has 0 unspecified atom stereocenters. The van der Waals surface area contributed by atoms with Gasteiger partial charge in [-0.1, -0.05) is 42.5 Å². The number of piperidine rings is 1. The van der Waals surface area contributed by atoms with Crippen molar-refractivity contribution in [3.8, 4) is 5.75 Å². The molecule has 4 rings (SSSR count). The third kappa shape index (κ3) is 9.42. The topological polar surface area (TPSA) is 123 Å². The third-order valence-corrected chi connectivity index (χ3v) is 7.81. The maximum atomic E-state index is 12.8. The van der Waals surface area contributed by atoms with Gasteiger partial charge in [-0.2, -0.15) is 4.98 Å². The fraction of sp³-hybridized carbons (Fsp3) is 0.485. The van der Waals surface area contributed by atoms with Gasteiger partial charge >= 0.3 is 5.97 Å². The van der Waals surface area contributed by atoms with Crippen LogP contribution in [-0.2, 0) is 29.0 Å². The average Bonchev–Trinajstić information content (AvgIpc) is 2.97. The van der Waals surface area contributed by atoms with E-state index in [9.17, 15) is 9.90 Å². The molecule has 0 radical (unpaired) electrons. The van der Waals surface area contributed by atoms with Crippen LogP contribution in [0.15, 0.2) is 48.5 Å². The van der Waals surface area contributed by atoms with Gasteiger partial charge in [0.05, 0.1) is 13.0 Å². The number of esters is 1. The van der Waals surface area contributed by atoms with Crippen LogP contribution < -0.4 is 15.8 Å². The van der Waals surface area contributed by atoms with Crippen molar-refractivity contribution in [2.75, 3.05) is 44.4 Å². The molecule has 1 fully saturated rings. The molecule has 1 aromatic heterocycles. The van der Waals surface area contributed by atoms with Crippen molar-refractivity contribution in [3.05, 3.63) is 76.5 Å². The number of rotatable bonds is 14. The lowest BCUT2D eigenvalue weighted by atomic mass is 9.98. The first-order valence-corrected chi connectivity index (χ1v) is 14.9. The molecule has 226 valence electrons. The first-order valence-electron chi connectivity index (χ1n) is 14.9. The summed E-state index contributed by atoms with van der Waals surface area (Å²) in [4.78, 5) is 24.0. The van der Waals surface area contributed by atoms with E-state index in [-0.39, 0.29) is 31.0 Å². The largest absolute Gasteiger partial charge is 0.489 e. The highest BCUT2D eigenvalue weighted by Crippen LogP contribution is 2.29. The minimum atomic E-state index is -0.221. The standard InChI is InChI=1S/C33H45N5O4/c1-23(8-7-17-39)35-32-29(24(2)36-33(34)37-32)20-28-12-11-27(18-30(28)41-21-25-9-5-4-6-10-25)19-31(40)42-22-26-13-15-38(3)16-14-26/h4-6,9-12,18,23,26,39H,7-8,13-17,19-22H2,1-3H3,(H3,34,35,36,37)/t23-/m0/s1. The normalized spacial score (nSPS) is 14.9. The van der Waals surface area contributed by atoms with Crippen LogP contribution >= 0.6 is 0 Å². The summed E-state index contributed by atoms with van der Waals surface area (Å²) in [5, 5.41) is 12.7. The molecule has 2 heterocycles. The molecule has 1 atom stereocenters. The molecule has 0 spiro atoms. The van der Waals surface area contributed by atoms with E-state index in [0.717, 1.165) is 60.3 Å². The minimum Gasteiger partial charge on any atom is -0.489 e. The number of carbonyl (C=O) groups is 1. The first kappa shape index (κ1) is 31.3. The fourth-order valence-electron chi connectivity index (χ4n) is 5.22. The molecule has 9 nitrogen and oxygen atoms in total. The van der Waals surface area contributed by atoms with E-state index in [1.54, 1.807) is 0 Å². The molecule has 1 saturated heterocycles. The number of likely N-dealkylation sites (tertiary alicyclic amines) is 1. The van der Waals surface area contributed by atoms with Crippen LogP contribution in [0.4, 0.5) is 11.8 Å². The van der Waals surface area contributed by atoms with Crippen molar-refractivity contribution in [2.45, 2.75) is 65.0 Å². The summed E-state index contributed by atoms with van der Waals surface area (Å²) in [6.07, 6.45) is 4.32.